The molecule has 0 bridgehead atoms. The molecule has 1 aromatic carbocycles. The van der Waals surface area contributed by atoms with Gasteiger partial charge in [-0.15, -0.1) is 0 Å². The van der Waals surface area contributed by atoms with E-state index in [-0.39, 0.29) is 24.8 Å². The molecule has 1 aliphatic heterocycles. The maximum atomic E-state index is 13.0. The minimum atomic E-state index is -0.441. The lowest BCUT2D eigenvalue weighted by molar-refractivity contribution is -0.132. The smallest absolute Gasteiger partial charge is 0.408 e. The maximum Gasteiger partial charge on any atom is 0.419 e. The number of hydrogen-bond acceptors (Lipinski definition) is 7. The number of amides is 1. The van der Waals surface area contributed by atoms with Gasteiger partial charge in [0.25, 0.3) is 0 Å². The molecule has 0 N–H and O–H groups in total. The van der Waals surface area contributed by atoms with Crippen LogP contribution in [0.15, 0.2) is 56.6 Å². The van der Waals surface area contributed by atoms with Gasteiger partial charge >= 0.3 is 5.76 Å². The van der Waals surface area contributed by atoms with Crippen molar-refractivity contribution in [1.82, 2.24) is 24.6 Å². The Balaban J connectivity index is 1.31. The molecule has 5 rings (SSSR count). The molecule has 32 heavy (non-hydrogen) atoms. The summed E-state index contributed by atoms with van der Waals surface area (Å²) in [5.74, 6) is 0.280. The van der Waals surface area contributed by atoms with E-state index in [9.17, 15) is 9.59 Å². The predicted molar refractivity (Wildman–Crippen MR) is 116 cm³/mol. The minimum absolute atomic E-state index is 0.0120. The summed E-state index contributed by atoms with van der Waals surface area (Å²) >= 11 is 0. The summed E-state index contributed by atoms with van der Waals surface area (Å²) in [6, 6.07) is 9.10. The van der Waals surface area contributed by atoms with Crippen LogP contribution in [-0.4, -0.2) is 43.6 Å². The molecule has 0 saturated carbocycles. The molecular formula is C23H23N5O4. The molecule has 4 heterocycles. The molecule has 1 amide bonds. The van der Waals surface area contributed by atoms with E-state index in [4.69, 9.17) is 8.94 Å². The second kappa shape index (κ2) is 8.41. The molecule has 9 nitrogen and oxygen atoms in total. The van der Waals surface area contributed by atoms with Crippen molar-refractivity contribution in [3.05, 3.63) is 64.8 Å². The van der Waals surface area contributed by atoms with Gasteiger partial charge in [0.1, 0.15) is 6.33 Å². The van der Waals surface area contributed by atoms with Crippen molar-refractivity contribution >= 4 is 17.0 Å². The molecule has 1 atom stereocenters. The van der Waals surface area contributed by atoms with Gasteiger partial charge in [-0.3, -0.25) is 9.36 Å². The van der Waals surface area contributed by atoms with E-state index in [2.05, 4.69) is 15.1 Å². The lowest BCUT2D eigenvalue weighted by Crippen LogP contribution is -2.40. The first kappa shape index (κ1) is 20.2. The largest absolute Gasteiger partial charge is 0.419 e. The summed E-state index contributed by atoms with van der Waals surface area (Å²) in [7, 11) is 0. The third-order valence-electron chi connectivity index (χ3n) is 5.92. The third kappa shape index (κ3) is 3.81. The fourth-order valence-corrected chi connectivity index (χ4v) is 4.36. The number of carbonyl (C=O) groups excluding carboxylic acids is 1. The number of aryl methyl sites for hydroxylation is 2. The first-order valence-electron chi connectivity index (χ1n) is 10.7. The molecule has 1 saturated heterocycles. The lowest BCUT2D eigenvalue weighted by atomic mass is 9.91. The number of benzene rings is 1. The molecule has 164 valence electrons. The Morgan fingerprint density at radius 2 is 2.16 bits per heavy atom. The van der Waals surface area contributed by atoms with Gasteiger partial charge in [0, 0.05) is 44.2 Å². The van der Waals surface area contributed by atoms with Crippen LogP contribution in [0.1, 0.15) is 36.6 Å². The van der Waals surface area contributed by atoms with Gasteiger partial charge in [0.15, 0.2) is 11.3 Å². The molecule has 0 unspecified atom stereocenters. The highest BCUT2D eigenvalue weighted by Gasteiger charge is 2.28. The van der Waals surface area contributed by atoms with E-state index < -0.39 is 5.76 Å². The second-order valence-corrected chi connectivity index (χ2v) is 8.07. The molecule has 3 aromatic heterocycles. The van der Waals surface area contributed by atoms with E-state index in [0.717, 1.165) is 29.8 Å². The number of aromatic nitrogens is 4. The number of para-hydroxylation sites is 2. The van der Waals surface area contributed by atoms with Crippen molar-refractivity contribution in [2.24, 2.45) is 0 Å². The summed E-state index contributed by atoms with van der Waals surface area (Å²) in [6.45, 7) is 3.41. The van der Waals surface area contributed by atoms with Crippen molar-refractivity contribution in [3.8, 4) is 11.3 Å². The van der Waals surface area contributed by atoms with E-state index >= 15 is 0 Å². The summed E-state index contributed by atoms with van der Waals surface area (Å²) in [4.78, 5) is 35.7. The lowest BCUT2D eigenvalue weighted by Gasteiger charge is -2.33. The maximum absolute atomic E-state index is 13.0. The third-order valence-corrected chi connectivity index (χ3v) is 5.92. The fourth-order valence-electron chi connectivity index (χ4n) is 4.36. The topological polar surface area (TPSA) is 107 Å². The Morgan fingerprint density at radius 3 is 3.00 bits per heavy atom. The standard InChI is InChI=1S/C23H23N5O4/c1-15-11-20(32-26-15)17-12-24-14-25-22(17)16-5-4-9-27(13-16)21(29)8-10-28-18-6-2-3-7-19(18)31-23(28)30/h2-3,6-7,11-12,14,16H,4-5,8-10,13H2,1H3/t16-/m0/s1. The van der Waals surface area contributed by atoms with Crippen molar-refractivity contribution in [1.29, 1.82) is 0 Å². The summed E-state index contributed by atoms with van der Waals surface area (Å²) in [5, 5.41) is 3.97. The number of carbonyl (C=O) groups is 1. The van der Waals surface area contributed by atoms with Crippen molar-refractivity contribution in [3.63, 3.8) is 0 Å². The van der Waals surface area contributed by atoms with Gasteiger partial charge in [0.2, 0.25) is 5.91 Å². The highest BCUT2D eigenvalue weighted by Crippen LogP contribution is 2.33. The van der Waals surface area contributed by atoms with Gasteiger partial charge < -0.3 is 13.8 Å². The molecule has 0 spiro atoms. The van der Waals surface area contributed by atoms with Crippen molar-refractivity contribution in [2.75, 3.05) is 13.1 Å². The van der Waals surface area contributed by atoms with Crippen molar-refractivity contribution < 1.29 is 13.7 Å². The molecule has 4 aromatic rings. The van der Waals surface area contributed by atoms with Gasteiger partial charge in [-0.25, -0.2) is 14.8 Å². The van der Waals surface area contributed by atoms with Crippen molar-refractivity contribution in [2.45, 2.75) is 38.6 Å². The SMILES string of the molecule is Cc1cc(-c2cncnc2[C@H]2CCCN(C(=O)CCn3c(=O)oc4ccccc43)C2)on1. The summed E-state index contributed by atoms with van der Waals surface area (Å²) in [6.07, 6.45) is 5.30. The van der Waals surface area contributed by atoms with Crippen LogP contribution in [0.3, 0.4) is 0 Å². The van der Waals surface area contributed by atoms with Crippen LogP contribution < -0.4 is 5.76 Å². The first-order valence-corrected chi connectivity index (χ1v) is 10.7. The highest BCUT2D eigenvalue weighted by atomic mass is 16.5. The van der Waals surface area contributed by atoms with Gasteiger partial charge in [0.05, 0.1) is 22.5 Å². The van der Waals surface area contributed by atoms with Gasteiger partial charge in [-0.2, -0.15) is 0 Å². The molecule has 1 aliphatic rings. The Kier molecular flexibility index (Phi) is 5.30. The Hall–Kier alpha value is -3.75. The van der Waals surface area contributed by atoms with Crippen LogP contribution in [0.2, 0.25) is 0 Å². The van der Waals surface area contributed by atoms with Crippen LogP contribution in [-0.2, 0) is 11.3 Å². The van der Waals surface area contributed by atoms with Crippen LogP contribution in [0.25, 0.3) is 22.4 Å². The summed E-state index contributed by atoms with van der Waals surface area (Å²) in [5.41, 5.74) is 3.70. The zero-order valence-electron chi connectivity index (χ0n) is 17.7. The predicted octanol–water partition coefficient (Wildman–Crippen LogP) is 3.14. The first-order chi connectivity index (χ1) is 15.6. The summed E-state index contributed by atoms with van der Waals surface area (Å²) < 4.78 is 12.2. The zero-order chi connectivity index (χ0) is 22.1. The Morgan fingerprint density at radius 1 is 1.28 bits per heavy atom. The Labute approximate surface area is 183 Å². The number of rotatable bonds is 5. The zero-order valence-corrected chi connectivity index (χ0v) is 17.7. The number of piperidine rings is 1. The van der Waals surface area contributed by atoms with Crippen LogP contribution in [0.4, 0.5) is 0 Å². The fraction of sp³-hybridized carbons (Fsp3) is 0.348. The molecule has 9 heteroatoms. The molecule has 1 fully saturated rings. The van der Waals surface area contributed by atoms with Crippen LogP contribution in [0.5, 0.6) is 0 Å². The normalized spacial score (nSPS) is 16.5. The highest BCUT2D eigenvalue weighted by molar-refractivity contribution is 5.77. The van der Waals surface area contributed by atoms with Gasteiger partial charge in [-0.1, -0.05) is 17.3 Å². The molecular weight excluding hydrogens is 410 g/mol. The monoisotopic (exact) mass is 433 g/mol. The minimum Gasteiger partial charge on any atom is -0.408 e. The van der Waals surface area contributed by atoms with Gasteiger partial charge in [-0.05, 0) is 31.9 Å². The van der Waals surface area contributed by atoms with E-state index in [1.807, 2.05) is 36.1 Å². The average Bonchev–Trinajstić information content (AvgIpc) is 3.39. The second-order valence-electron chi connectivity index (χ2n) is 8.07. The van der Waals surface area contributed by atoms with Crippen LogP contribution >= 0.6 is 0 Å². The van der Waals surface area contributed by atoms with E-state index in [0.29, 0.717) is 29.9 Å². The average molecular weight is 433 g/mol. The molecule has 0 radical (unpaired) electrons. The number of fused-ring (bicyclic) bond motifs is 1. The number of oxazole rings is 1. The number of hydrogen-bond donors (Lipinski definition) is 0. The van der Waals surface area contributed by atoms with E-state index in [1.165, 1.54) is 10.9 Å². The number of nitrogens with zero attached hydrogens (tertiary/aromatic N) is 5. The molecule has 0 aliphatic carbocycles. The van der Waals surface area contributed by atoms with Crippen LogP contribution in [0, 0.1) is 6.92 Å². The number of likely N-dealkylation sites (tertiary alicyclic amines) is 1. The van der Waals surface area contributed by atoms with E-state index in [1.54, 1.807) is 12.3 Å². The quantitative estimate of drug-likeness (QED) is 0.476. The Bertz CT molecular complexity index is 1320.